The molecule has 0 aromatic heterocycles. The number of hydrogen-bond acceptors (Lipinski definition) is 7. The molecule has 3 rings (SSSR count). The molecule has 8 heteroatoms. The standard InChI is InChI=1S/C31H42N2O6/c1-6-8-17-32(18-9-7-2)19-10-20-33-28(25-21-24(38-4)15-16-26(25)39-5)27(30(35)31(33)36)29(34)22-11-13-23(37-3)14-12-22/h11-16,21,28,34H,6-10,17-20H2,1-5H3/t28-/m0/s1. The van der Waals surface area contributed by atoms with E-state index in [0.717, 1.165) is 45.3 Å². The van der Waals surface area contributed by atoms with Crippen molar-refractivity contribution in [1.82, 2.24) is 9.80 Å². The van der Waals surface area contributed by atoms with Gasteiger partial charge >= 0.3 is 0 Å². The fourth-order valence-electron chi connectivity index (χ4n) is 4.95. The second-order valence-electron chi connectivity index (χ2n) is 9.73. The summed E-state index contributed by atoms with van der Waals surface area (Å²) >= 11 is 0. The molecule has 0 radical (unpaired) electrons. The van der Waals surface area contributed by atoms with Crippen LogP contribution in [0.3, 0.4) is 0 Å². The zero-order valence-electron chi connectivity index (χ0n) is 23.9. The van der Waals surface area contributed by atoms with Crippen LogP contribution < -0.4 is 14.2 Å². The molecule has 1 saturated heterocycles. The van der Waals surface area contributed by atoms with Crippen molar-refractivity contribution in [2.75, 3.05) is 47.5 Å². The number of carbonyl (C=O) groups is 2. The summed E-state index contributed by atoms with van der Waals surface area (Å²) in [6.07, 6.45) is 5.19. The summed E-state index contributed by atoms with van der Waals surface area (Å²) < 4.78 is 16.3. The highest BCUT2D eigenvalue weighted by molar-refractivity contribution is 6.46. The van der Waals surface area contributed by atoms with Gasteiger partial charge < -0.3 is 29.1 Å². The first-order chi connectivity index (χ1) is 18.9. The van der Waals surface area contributed by atoms with E-state index in [4.69, 9.17) is 14.2 Å². The molecule has 39 heavy (non-hydrogen) atoms. The third-order valence-corrected chi connectivity index (χ3v) is 7.16. The summed E-state index contributed by atoms with van der Waals surface area (Å²) in [5.41, 5.74) is 1.04. The number of likely N-dealkylation sites (tertiary alicyclic amines) is 1. The first-order valence-corrected chi connectivity index (χ1v) is 13.8. The molecule has 212 valence electrons. The van der Waals surface area contributed by atoms with E-state index in [9.17, 15) is 14.7 Å². The van der Waals surface area contributed by atoms with E-state index >= 15 is 0 Å². The van der Waals surface area contributed by atoms with Gasteiger partial charge in [0.25, 0.3) is 11.7 Å². The summed E-state index contributed by atoms with van der Waals surface area (Å²) in [7, 11) is 4.66. The Morgan fingerprint density at radius 2 is 1.44 bits per heavy atom. The Hall–Kier alpha value is -3.52. The second kappa shape index (κ2) is 14.6. The van der Waals surface area contributed by atoms with E-state index in [2.05, 4.69) is 18.7 Å². The van der Waals surface area contributed by atoms with Gasteiger partial charge in [-0.3, -0.25) is 9.59 Å². The number of amides is 1. The number of ketones is 1. The minimum atomic E-state index is -0.822. The number of rotatable bonds is 15. The molecular weight excluding hydrogens is 496 g/mol. The van der Waals surface area contributed by atoms with Gasteiger partial charge in [-0.15, -0.1) is 0 Å². The first kappa shape index (κ1) is 30.0. The van der Waals surface area contributed by atoms with Crippen LogP contribution in [0, 0.1) is 0 Å². The topological polar surface area (TPSA) is 88.5 Å². The van der Waals surface area contributed by atoms with Crippen LogP contribution in [0.4, 0.5) is 0 Å². The zero-order valence-corrected chi connectivity index (χ0v) is 23.9. The third-order valence-electron chi connectivity index (χ3n) is 7.16. The fraction of sp³-hybridized carbons (Fsp3) is 0.484. The zero-order chi connectivity index (χ0) is 28.4. The molecule has 1 fully saturated rings. The lowest BCUT2D eigenvalue weighted by Gasteiger charge is -2.28. The third kappa shape index (κ3) is 7.12. The predicted octanol–water partition coefficient (Wildman–Crippen LogP) is 5.43. The summed E-state index contributed by atoms with van der Waals surface area (Å²) in [6.45, 7) is 7.58. The van der Waals surface area contributed by atoms with Gasteiger partial charge in [-0.25, -0.2) is 0 Å². The van der Waals surface area contributed by atoms with Crippen molar-refractivity contribution in [3.05, 3.63) is 59.2 Å². The van der Waals surface area contributed by atoms with Gasteiger partial charge in [0, 0.05) is 17.7 Å². The van der Waals surface area contributed by atoms with Crippen LogP contribution in [0.1, 0.15) is 63.1 Å². The molecule has 1 amide bonds. The van der Waals surface area contributed by atoms with Gasteiger partial charge in [0.15, 0.2) is 0 Å². The average molecular weight is 539 g/mol. The summed E-state index contributed by atoms with van der Waals surface area (Å²) in [5.74, 6) is 0.0993. The van der Waals surface area contributed by atoms with E-state index in [1.807, 2.05) is 0 Å². The van der Waals surface area contributed by atoms with Crippen LogP contribution in [0.2, 0.25) is 0 Å². The molecular formula is C31H42N2O6. The highest BCUT2D eigenvalue weighted by atomic mass is 16.5. The molecule has 2 aromatic carbocycles. The quantitative estimate of drug-likeness (QED) is 0.184. The normalized spacial score (nSPS) is 16.7. The Morgan fingerprint density at radius 1 is 0.846 bits per heavy atom. The fourth-order valence-corrected chi connectivity index (χ4v) is 4.95. The molecule has 8 nitrogen and oxygen atoms in total. The number of benzene rings is 2. The van der Waals surface area contributed by atoms with Gasteiger partial charge in [-0.05, 0) is 81.4 Å². The van der Waals surface area contributed by atoms with Crippen molar-refractivity contribution in [2.24, 2.45) is 0 Å². The Balaban J connectivity index is 2.02. The van der Waals surface area contributed by atoms with Crippen LogP contribution in [0.5, 0.6) is 17.2 Å². The van der Waals surface area contributed by atoms with Crippen LogP contribution in [0.25, 0.3) is 5.76 Å². The number of unbranched alkanes of at least 4 members (excludes halogenated alkanes) is 2. The van der Waals surface area contributed by atoms with E-state index in [0.29, 0.717) is 41.3 Å². The predicted molar refractivity (Wildman–Crippen MR) is 152 cm³/mol. The number of carbonyl (C=O) groups excluding carboxylic acids is 2. The first-order valence-electron chi connectivity index (χ1n) is 13.8. The monoisotopic (exact) mass is 538 g/mol. The average Bonchev–Trinajstić information content (AvgIpc) is 3.22. The van der Waals surface area contributed by atoms with Crippen LogP contribution in [0.15, 0.2) is 48.0 Å². The SMILES string of the molecule is CCCCN(CCCC)CCCN1C(=O)C(=O)C(=C(O)c2ccc(OC)cc2)[C@@H]1c1cc(OC)ccc1OC. The molecule has 0 unspecified atom stereocenters. The highest BCUT2D eigenvalue weighted by Crippen LogP contribution is 2.44. The molecule has 2 aromatic rings. The molecule has 1 N–H and O–H groups in total. The Kier molecular flexibility index (Phi) is 11.2. The van der Waals surface area contributed by atoms with Crippen LogP contribution in [-0.2, 0) is 9.59 Å². The molecule has 1 aliphatic heterocycles. The number of hydrogen-bond donors (Lipinski definition) is 1. The van der Waals surface area contributed by atoms with E-state index in [1.54, 1.807) is 68.7 Å². The lowest BCUT2D eigenvalue weighted by molar-refractivity contribution is -0.140. The van der Waals surface area contributed by atoms with Gasteiger partial charge in [0.05, 0.1) is 32.9 Å². The highest BCUT2D eigenvalue weighted by Gasteiger charge is 2.47. The van der Waals surface area contributed by atoms with Gasteiger partial charge in [-0.1, -0.05) is 26.7 Å². The molecule has 1 atom stereocenters. The molecule has 0 spiro atoms. The van der Waals surface area contributed by atoms with Crippen LogP contribution in [-0.4, -0.2) is 74.1 Å². The van der Waals surface area contributed by atoms with Crippen molar-refractivity contribution in [3.63, 3.8) is 0 Å². The Bertz CT molecular complexity index is 1140. The molecule has 0 bridgehead atoms. The van der Waals surface area contributed by atoms with Crippen LogP contribution >= 0.6 is 0 Å². The van der Waals surface area contributed by atoms with Crippen molar-refractivity contribution >= 4 is 17.4 Å². The number of nitrogens with zero attached hydrogens (tertiary/aromatic N) is 2. The van der Waals surface area contributed by atoms with E-state index in [1.165, 1.54) is 0 Å². The molecule has 0 saturated carbocycles. The number of aliphatic hydroxyl groups excluding tert-OH is 1. The van der Waals surface area contributed by atoms with Gasteiger partial charge in [0.1, 0.15) is 23.0 Å². The van der Waals surface area contributed by atoms with E-state index in [-0.39, 0.29) is 11.3 Å². The van der Waals surface area contributed by atoms with Gasteiger partial charge in [0.2, 0.25) is 0 Å². The minimum Gasteiger partial charge on any atom is -0.507 e. The summed E-state index contributed by atoms with van der Waals surface area (Å²) in [6, 6.07) is 11.2. The second-order valence-corrected chi connectivity index (χ2v) is 9.73. The number of aliphatic hydroxyl groups is 1. The number of Topliss-reactive ketones (excluding diaryl/α,β-unsaturated/α-hetero) is 1. The lowest BCUT2D eigenvalue weighted by atomic mass is 9.94. The molecule has 1 heterocycles. The number of ether oxygens (including phenoxy) is 3. The summed E-state index contributed by atoms with van der Waals surface area (Å²) in [4.78, 5) is 30.9. The minimum absolute atomic E-state index is 0.0329. The van der Waals surface area contributed by atoms with Crippen molar-refractivity contribution in [2.45, 2.75) is 52.0 Å². The van der Waals surface area contributed by atoms with E-state index < -0.39 is 17.7 Å². The Labute approximate surface area is 232 Å². The maximum absolute atomic E-state index is 13.5. The molecule has 0 aliphatic carbocycles. The van der Waals surface area contributed by atoms with Crippen molar-refractivity contribution < 1.29 is 28.9 Å². The Morgan fingerprint density at radius 3 is 2.00 bits per heavy atom. The van der Waals surface area contributed by atoms with Crippen molar-refractivity contribution in [3.8, 4) is 17.2 Å². The van der Waals surface area contributed by atoms with Crippen molar-refractivity contribution in [1.29, 1.82) is 0 Å². The lowest BCUT2D eigenvalue weighted by Crippen LogP contribution is -2.34. The molecule has 1 aliphatic rings. The van der Waals surface area contributed by atoms with Gasteiger partial charge in [-0.2, -0.15) is 0 Å². The maximum Gasteiger partial charge on any atom is 0.295 e. The smallest absolute Gasteiger partial charge is 0.295 e. The summed E-state index contributed by atoms with van der Waals surface area (Å²) in [5, 5.41) is 11.4. The maximum atomic E-state index is 13.5. The number of methoxy groups -OCH3 is 3. The largest absolute Gasteiger partial charge is 0.507 e.